The largest absolute Gasteiger partial charge is 0.269 e. The summed E-state index contributed by atoms with van der Waals surface area (Å²) < 4.78 is 2.17. The summed E-state index contributed by atoms with van der Waals surface area (Å²) in [5.41, 5.74) is 5.40. The normalized spacial score (nSPS) is 14.1. The van der Waals surface area contributed by atoms with Gasteiger partial charge < -0.3 is 0 Å². The molecular formula is C14H16N2. The van der Waals surface area contributed by atoms with E-state index in [1.54, 1.807) is 0 Å². The SMILES string of the molecule is CCn1nc(-c2ccccc2)c2c1CCC2. The maximum absolute atomic E-state index is 4.74. The summed E-state index contributed by atoms with van der Waals surface area (Å²) >= 11 is 0. The number of benzene rings is 1. The first-order chi connectivity index (χ1) is 7.90. The fourth-order valence-electron chi connectivity index (χ4n) is 2.60. The molecule has 2 aromatic rings. The minimum absolute atomic E-state index is 0.981. The summed E-state index contributed by atoms with van der Waals surface area (Å²) in [5, 5.41) is 4.74. The van der Waals surface area contributed by atoms with Gasteiger partial charge in [-0.2, -0.15) is 5.10 Å². The predicted molar refractivity (Wildman–Crippen MR) is 65.4 cm³/mol. The van der Waals surface area contributed by atoms with Gasteiger partial charge in [0.1, 0.15) is 0 Å². The van der Waals surface area contributed by atoms with Crippen LogP contribution in [0.3, 0.4) is 0 Å². The average molecular weight is 212 g/mol. The van der Waals surface area contributed by atoms with Crippen LogP contribution in [0.15, 0.2) is 30.3 Å². The van der Waals surface area contributed by atoms with Crippen molar-refractivity contribution in [3.8, 4) is 11.3 Å². The van der Waals surface area contributed by atoms with Crippen molar-refractivity contribution in [2.45, 2.75) is 32.7 Å². The van der Waals surface area contributed by atoms with Gasteiger partial charge in [-0.25, -0.2) is 0 Å². The second-order valence-electron chi connectivity index (χ2n) is 4.31. The number of aryl methyl sites for hydroxylation is 1. The van der Waals surface area contributed by atoms with Gasteiger partial charge >= 0.3 is 0 Å². The van der Waals surface area contributed by atoms with Crippen molar-refractivity contribution in [3.05, 3.63) is 41.6 Å². The van der Waals surface area contributed by atoms with E-state index < -0.39 is 0 Å². The van der Waals surface area contributed by atoms with E-state index in [9.17, 15) is 0 Å². The summed E-state index contributed by atoms with van der Waals surface area (Å²) in [4.78, 5) is 0. The van der Waals surface area contributed by atoms with E-state index in [1.807, 2.05) is 0 Å². The molecule has 0 N–H and O–H groups in total. The second-order valence-corrected chi connectivity index (χ2v) is 4.31. The van der Waals surface area contributed by atoms with E-state index in [2.05, 4.69) is 41.9 Å². The molecule has 0 amide bonds. The molecule has 3 rings (SSSR count). The van der Waals surface area contributed by atoms with Gasteiger partial charge in [0.2, 0.25) is 0 Å². The van der Waals surface area contributed by atoms with Crippen LogP contribution < -0.4 is 0 Å². The van der Waals surface area contributed by atoms with Gasteiger partial charge in [0.15, 0.2) is 0 Å². The van der Waals surface area contributed by atoms with Crippen LogP contribution in [-0.4, -0.2) is 9.78 Å². The predicted octanol–water partition coefficient (Wildman–Crippen LogP) is 3.06. The van der Waals surface area contributed by atoms with Crippen molar-refractivity contribution in [2.75, 3.05) is 0 Å². The Hall–Kier alpha value is -1.57. The van der Waals surface area contributed by atoms with Crippen LogP contribution in [-0.2, 0) is 19.4 Å². The molecule has 1 aliphatic rings. The Bertz CT molecular complexity index is 497. The lowest BCUT2D eigenvalue weighted by molar-refractivity contribution is 0.624. The average Bonchev–Trinajstić information content (AvgIpc) is 2.91. The Morgan fingerprint density at radius 2 is 2.00 bits per heavy atom. The van der Waals surface area contributed by atoms with Gasteiger partial charge in [0, 0.05) is 23.4 Å². The smallest absolute Gasteiger partial charge is 0.0958 e. The maximum atomic E-state index is 4.74. The number of nitrogens with zero attached hydrogens (tertiary/aromatic N) is 2. The third-order valence-electron chi connectivity index (χ3n) is 3.35. The molecule has 0 saturated carbocycles. The molecule has 1 aromatic heterocycles. The molecule has 0 saturated heterocycles. The van der Waals surface area contributed by atoms with Gasteiger partial charge in [0.25, 0.3) is 0 Å². The van der Waals surface area contributed by atoms with Gasteiger partial charge in [-0.05, 0) is 26.2 Å². The van der Waals surface area contributed by atoms with Crippen LogP contribution in [0.5, 0.6) is 0 Å². The zero-order valence-corrected chi connectivity index (χ0v) is 9.61. The van der Waals surface area contributed by atoms with Gasteiger partial charge in [-0.3, -0.25) is 4.68 Å². The quantitative estimate of drug-likeness (QED) is 0.748. The molecule has 2 nitrogen and oxygen atoms in total. The summed E-state index contributed by atoms with van der Waals surface area (Å²) in [7, 11) is 0. The molecule has 0 atom stereocenters. The van der Waals surface area contributed by atoms with E-state index in [4.69, 9.17) is 5.10 Å². The highest BCUT2D eigenvalue weighted by atomic mass is 15.3. The Balaban J connectivity index is 2.15. The summed E-state index contributed by atoms with van der Waals surface area (Å²) in [5.74, 6) is 0. The highest BCUT2D eigenvalue weighted by Crippen LogP contribution is 2.31. The van der Waals surface area contributed by atoms with E-state index in [0.717, 1.165) is 6.54 Å². The van der Waals surface area contributed by atoms with Crippen molar-refractivity contribution >= 4 is 0 Å². The number of fused-ring (bicyclic) bond motifs is 1. The first-order valence-electron chi connectivity index (χ1n) is 6.04. The fourth-order valence-corrected chi connectivity index (χ4v) is 2.60. The van der Waals surface area contributed by atoms with Crippen molar-refractivity contribution in [2.24, 2.45) is 0 Å². The van der Waals surface area contributed by atoms with Crippen molar-refractivity contribution in [3.63, 3.8) is 0 Å². The third-order valence-corrected chi connectivity index (χ3v) is 3.35. The van der Waals surface area contributed by atoms with Crippen molar-refractivity contribution < 1.29 is 0 Å². The van der Waals surface area contributed by atoms with Crippen LogP contribution in [0, 0.1) is 0 Å². The summed E-state index contributed by atoms with van der Waals surface area (Å²) in [6, 6.07) is 10.5. The molecule has 2 heteroatoms. The topological polar surface area (TPSA) is 17.8 Å². The molecule has 1 aliphatic carbocycles. The number of hydrogen-bond donors (Lipinski definition) is 0. The lowest BCUT2D eigenvalue weighted by Gasteiger charge is -2.00. The highest BCUT2D eigenvalue weighted by Gasteiger charge is 2.22. The molecule has 0 unspecified atom stereocenters. The Morgan fingerprint density at radius 1 is 1.19 bits per heavy atom. The van der Waals surface area contributed by atoms with Gasteiger partial charge in [0.05, 0.1) is 5.69 Å². The van der Waals surface area contributed by atoms with E-state index in [1.165, 1.54) is 41.8 Å². The first-order valence-corrected chi connectivity index (χ1v) is 6.04. The first kappa shape index (κ1) is 9.64. The molecule has 1 aromatic carbocycles. The van der Waals surface area contributed by atoms with Crippen LogP contribution in [0.1, 0.15) is 24.6 Å². The Morgan fingerprint density at radius 3 is 2.75 bits per heavy atom. The standard InChI is InChI=1S/C14H16N2/c1-2-16-13-10-6-9-12(13)14(15-16)11-7-4-3-5-8-11/h3-5,7-8H,2,6,9-10H2,1H3. The van der Waals surface area contributed by atoms with Crippen LogP contribution in [0.4, 0.5) is 0 Å². The van der Waals surface area contributed by atoms with Gasteiger partial charge in [-0.1, -0.05) is 30.3 Å². The summed E-state index contributed by atoms with van der Waals surface area (Å²) in [6.45, 7) is 3.15. The fraction of sp³-hybridized carbons (Fsp3) is 0.357. The van der Waals surface area contributed by atoms with Crippen LogP contribution >= 0.6 is 0 Å². The van der Waals surface area contributed by atoms with Gasteiger partial charge in [-0.15, -0.1) is 0 Å². The van der Waals surface area contributed by atoms with Crippen molar-refractivity contribution in [1.29, 1.82) is 0 Å². The second kappa shape index (κ2) is 3.78. The molecule has 0 spiro atoms. The lowest BCUT2D eigenvalue weighted by Crippen LogP contribution is -2.01. The molecule has 0 radical (unpaired) electrons. The minimum Gasteiger partial charge on any atom is -0.269 e. The molecule has 16 heavy (non-hydrogen) atoms. The number of hydrogen-bond acceptors (Lipinski definition) is 1. The zero-order valence-electron chi connectivity index (χ0n) is 9.61. The van der Waals surface area contributed by atoms with E-state index >= 15 is 0 Å². The number of aromatic nitrogens is 2. The molecule has 1 heterocycles. The van der Waals surface area contributed by atoms with E-state index in [-0.39, 0.29) is 0 Å². The Labute approximate surface area is 95.9 Å². The molecule has 0 bridgehead atoms. The minimum atomic E-state index is 0.981. The molecule has 0 aliphatic heterocycles. The molecule has 0 fully saturated rings. The molecule has 82 valence electrons. The highest BCUT2D eigenvalue weighted by molar-refractivity contribution is 5.64. The lowest BCUT2D eigenvalue weighted by atomic mass is 10.1. The third kappa shape index (κ3) is 1.37. The van der Waals surface area contributed by atoms with Crippen LogP contribution in [0.25, 0.3) is 11.3 Å². The molecular weight excluding hydrogens is 196 g/mol. The maximum Gasteiger partial charge on any atom is 0.0958 e. The summed E-state index contributed by atoms with van der Waals surface area (Å²) in [6.07, 6.45) is 3.68. The van der Waals surface area contributed by atoms with Crippen molar-refractivity contribution in [1.82, 2.24) is 9.78 Å². The van der Waals surface area contributed by atoms with E-state index in [0.29, 0.717) is 0 Å². The zero-order chi connectivity index (χ0) is 11.0. The monoisotopic (exact) mass is 212 g/mol. The Kier molecular flexibility index (Phi) is 2.28. The number of rotatable bonds is 2. The van der Waals surface area contributed by atoms with Crippen LogP contribution in [0.2, 0.25) is 0 Å².